The molecule has 1 aromatic carbocycles. The topological polar surface area (TPSA) is 67.2 Å². The highest BCUT2D eigenvalue weighted by Crippen LogP contribution is 2.33. The van der Waals surface area contributed by atoms with Crippen LogP contribution in [0.1, 0.15) is 20.3 Å². The van der Waals surface area contributed by atoms with Gasteiger partial charge in [-0.25, -0.2) is 0 Å². The number of nitrogen functional groups attached to an aromatic ring is 1. The summed E-state index contributed by atoms with van der Waals surface area (Å²) in [5, 5.41) is 6.57. The van der Waals surface area contributed by atoms with Crippen LogP contribution in [-0.4, -0.2) is 18.5 Å². The molecule has 4 nitrogen and oxygen atoms in total. The molecule has 0 saturated carbocycles. The average molecular weight is 290 g/mol. The van der Waals surface area contributed by atoms with Crippen molar-refractivity contribution in [3.05, 3.63) is 22.2 Å². The zero-order chi connectivity index (χ0) is 13.7. The van der Waals surface area contributed by atoms with E-state index in [9.17, 15) is 4.79 Å². The van der Waals surface area contributed by atoms with Crippen molar-refractivity contribution in [3.8, 4) is 0 Å². The fraction of sp³-hybridized carbons (Fsp3) is 0.417. The standard InChI is InChI=1S/C12H17Cl2N3O/c1-3-4-16-12(18)7(2)17-11-9(13)5-8(15)6-10(11)14/h5-7,17H,3-4,15H2,1-2H3,(H,16,18). The predicted octanol–water partition coefficient (Wildman–Crippen LogP) is 2.90. The van der Waals surface area contributed by atoms with Crippen molar-refractivity contribution >= 4 is 40.5 Å². The Morgan fingerprint density at radius 2 is 1.94 bits per heavy atom. The monoisotopic (exact) mass is 289 g/mol. The van der Waals surface area contributed by atoms with Gasteiger partial charge in [-0.3, -0.25) is 4.79 Å². The smallest absolute Gasteiger partial charge is 0.242 e. The maximum Gasteiger partial charge on any atom is 0.242 e. The van der Waals surface area contributed by atoms with Crippen molar-refractivity contribution in [1.82, 2.24) is 5.32 Å². The summed E-state index contributed by atoms with van der Waals surface area (Å²) in [6.45, 7) is 4.38. The summed E-state index contributed by atoms with van der Waals surface area (Å²) in [7, 11) is 0. The van der Waals surface area contributed by atoms with Crippen LogP contribution in [0.15, 0.2) is 12.1 Å². The van der Waals surface area contributed by atoms with Gasteiger partial charge in [-0.2, -0.15) is 0 Å². The summed E-state index contributed by atoms with van der Waals surface area (Å²) in [5.74, 6) is -0.0965. The van der Waals surface area contributed by atoms with E-state index in [1.54, 1.807) is 19.1 Å². The maximum absolute atomic E-state index is 11.7. The third-order valence-corrected chi connectivity index (χ3v) is 2.96. The SMILES string of the molecule is CCCNC(=O)C(C)Nc1c(Cl)cc(N)cc1Cl. The molecule has 0 bridgehead atoms. The second kappa shape index (κ2) is 6.71. The molecule has 100 valence electrons. The number of hydrogen-bond acceptors (Lipinski definition) is 3. The molecule has 0 aromatic heterocycles. The summed E-state index contributed by atoms with van der Waals surface area (Å²) in [4.78, 5) is 11.7. The zero-order valence-corrected chi connectivity index (χ0v) is 11.9. The zero-order valence-electron chi connectivity index (χ0n) is 10.4. The molecule has 6 heteroatoms. The van der Waals surface area contributed by atoms with E-state index in [2.05, 4.69) is 10.6 Å². The molecule has 0 aliphatic rings. The second-order valence-electron chi connectivity index (χ2n) is 4.02. The third kappa shape index (κ3) is 3.96. The maximum atomic E-state index is 11.7. The molecule has 1 unspecified atom stereocenters. The molecule has 0 fully saturated rings. The summed E-state index contributed by atoms with van der Waals surface area (Å²) >= 11 is 12.1. The number of carbonyl (C=O) groups is 1. The Labute approximate surface area is 117 Å². The van der Waals surface area contributed by atoms with Gasteiger partial charge in [0.25, 0.3) is 0 Å². The molecule has 18 heavy (non-hydrogen) atoms. The van der Waals surface area contributed by atoms with Gasteiger partial charge < -0.3 is 16.4 Å². The van der Waals surface area contributed by atoms with Gasteiger partial charge >= 0.3 is 0 Å². The van der Waals surface area contributed by atoms with Crippen LogP contribution in [0.5, 0.6) is 0 Å². The van der Waals surface area contributed by atoms with E-state index in [4.69, 9.17) is 28.9 Å². The highest BCUT2D eigenvalue weighted by molar-refractivity contribution is 6.39. The molecular weight excluding hydrogens is 273 g/mol. The van der Waals surface area contributed by atoms with E-state index in [1.165, 1.54) is 0 Å². The molecule has 4 N–H and O–H groups in total. The van der Waals surface area contributed by atoms with Gasteiger partial charge in [0.2, 0.25) is 5.91 Å². The summed E-state index contributed by atoms with van der Waals surface area (Å²) in [5.41, 5.74) is 6.61. The van der Waals surface area contributed by atoms with Crippen LogP contribution >= 0.6 is 23.2 Å². The molecule has 0 spiro atoms. The van der Waals surface area contributed by atoms with Gasteiger partial charge in [-0.1, -0.05) is 30.1 Å². The Bertz CT molecular complexity index is 414. The van der Waals surface area contributed by atoms with Crippen LogP contribution in [0.3, 0.4) is 0 Å². The molecule has 0 saturated heterocycles. The quantitative estimate of drug-likeness (QED) is 0.730. The Morgan fingerprint density at radius 3 is 2.44 bits per heavy atom. The normalized spacial score (nSPS) is 12.0. The number of anilines is 2. The largest absolute Gasteiger partial charge is 0.399 e. The first-order chi connectivity index (χ1) is 8.45. The Morgan fingerprint density at radius 1 is 1.39 bits per heavy atom. The fourth-order valence-electron chi connectivity index (χ4n) is 1.41. The van der Waals surface area contributed by atoms with Crippen molar-refractivity contribution in [2.45, 2.75) is 26.3 Å². The molecule has 1 atom stereocenters. The van der Waals surface area contributed by atoms with E-state index in [0.29, 0.717) is 28.0 Å². The number of nitrogens with two attached hydrogens (primary N) is 1. The van der Waals surface area contributed by atoms with Crippen molar-refractivity contribution in [2.75, 3.05) is 17.6 Å². The van der Waals surface area contributed by atoms with Crippen LogP contribution in [-0.2, 0) is 4.79 Å². The highest BCUT2D eigenvalue weighted by atomic mass is 35.5. The highest BCUT2D eigenvalue weighted by Gasteiger charge is 2.15. The Balaban J connectivity index is 2.75. The molecule has 0 aliphatic heterocycles. The lowest BCUT2D eigenvalue weighted by atomic mass is 10.2. The van der Waals surface area contributed by atoms with Crippen molar-refractivity contribution < 1.29 is 4.79 Å². The molecule has 1 amide bonds. The molecule has 0 radical (unpaired) electrons. The number of carbonyl (C=O) groups excluding carboxylic acids is 1. The van der Waals surface area contributed by atoms with E-state index in [0.717, 1.165) is 6.42 Å². The number of hydrogen-bond donors (Lipinski definition) is 3. The lowest BCUT2D eigenvalue weighted by molar-refractivity contribution is -0.121. The number of halogens is 2. The molecular formula is C12H17Cl2N3O. The number of nitrogens with one attached hydrogen (secondary N) is 2. The van der Waals surface area contributed by atoms with Gasteiger partial charge in [-0.15, -0.1) is 0 Å². The van der Waals surface area contributed by atoms with E-state index in [1.807, 2.05) is 6.92 Å². The molecule has 0 aliphatic carbocycles. The minimum Gasteiger partial charge on any atom is -0.399 e. The van der Waals surface area contributed by atoms with Gasteiger partial charge in [0, 0.05) is 12.2 Å². The first-order valence-electron chi connectivity index (χ1n) is 5.74. The number of rotatable bonds is 5. The average Bonchev–Trinajstić information content (AvgIpc) is 2.30. The molecule has 1 rings (SSSR count). The van der Waals surface area contributed by atoms with Gasteiger partial charge in [0.05, 0.1) is 15.7 Å². The predicted molar refractivity (Wildman–Crippen MR) is 77.3 cm³/mol. The van der Waals surface area contributed by atoms with Crippen LogP contribution < -0.4 is 16.4 Å². The van der Waals surface area contributed by atoms with Crippen molar-refractivity contribution in [2.24, 2.45) is 0 Å². The first-order valence-corrected chi connectivity index (χ1v) is 6.50. The lowest BCUT2D eigenvalue weighted by Gasteiger charge is -2.17. The van der Waals surface area contributed by atoms with E-state index in [-0.39, 0.29) is 5.91 Å². The van der Waals surface area contributed by atoms with Crippen LogP contribution in [0.4, 0.5) is 11.4 Å². The third-order valence-electron chi connectivity index (χ3n) is 2.37. The summed E-state index contributed by atoms with van der Waals surface area (Å²) in [6.07, 6.45) is 0.891. The minimum atomic E-state index is -0.421. The van der Waals surface area contributed by atoms with Crippen LogP contribution in [0.25, 0.3) is 0 Å². The van der Waals surface area contributed by atoms with Crippen LogP contribution in [0, 0.1) is 0 Å². The first kappa shape index (κ1) is 14.9. The number of amides is 1. The summed E-state index contributed by atoms with van der Waals surface area (Å²) in [6, 6.07) is 2.76. The van der Waals surface area contributed by atoms with Gasteiger partial charge in [0.15, 0.2) is 0 Å². The van der Waals surface area contributed by atoms with Gasteiger partial charge in [0.1, 0.15) is 6.04 Å². The molecule has 0 heterocycles. The second-order valence-corrected chi connectivity index (χ2v) is 4.83. The van der Waals surface area contributed by atoms with E-state index < -0.39 is 6.04 Å². The summed E-state index contributed by atoms with van der Waals surface area (Å²) < 4.78 is 0. The Hall–Kier alpha value is -1.13. The minimum absolute atomic E-state index is 0.0965. The van der Waals surface area contributed by atoms with E-state index >= 15 is 0 Å². The fourth-order valence-corrected chi connectivity index (χ4v) is 2.03. The van der Waals surface area contributed by atoms with Crippen molar-refractivity contribution in [3.63, 3.8) is 0 Å². The van der Waals surface area contributed by atoms with Gasteiger partial charge in [-0.05, 0) is 25.5 Å². The lowest BCUT2D eigenvalue weighted by Crippen LogP contribution is -2.38. The molecule has 1 aromatic rings. The van der Waals surface area contributed by atoms with Crippen LogP contribution in [0.2, 0.25) is 10.0 Å². The Kier molecular flexibility index (Phi) is 5.56. The number of benzene rings is 1. The van der Waals surface area contributed by atoms with Crippen molar-refractivity contribution in [1.29, 1.82) is 0 Å².